The summed E-state index contributed by atoms with van der Waals surface area (Å²) in [6.07, 6.45) is 2.10. The van der Waals surface area contributed by atoms with Crippen molar-refractivity contribution >= 4 is 35.0 Å². The molecule has 0 unspecified atom stereocenters. The first-order chi connectivity index (χ1) is 10.5. The summed E-state index contributed by atoms with van der Waals surface area (Å²) in [6, 6.07) is 9.24. The molecule has 1 aromatic carbocycles. The van der Waals surface area contributed by atoms with Crippen LogP contribution in [-0.4, -0.2) is 34.7 Å². The van der Waals surface area contributed by atoms with Gasteiger partial charge in [0.05, 0.1) is 11.0 Å². The van der Waals surface area contributed by atoms with Gasteiger partial charge in [-0.2, -0.15) is 0 Å². The monoisotopic (exact) mass is 319 g/mol. The van der Waals surface area contributed by atoms with Crippen molar-refractivity contribution in [1.29, 1.82) is 0 Å². The number of hydrogen-bond donors (Lipinski definition) is 0. The van der Waals surface area contributed by atoms with Crippen LogP contribution in [0, 0.1) is 0 Å². The Bertz CT molecular complexity index is 612. The van der Waals surface area contributed by atoms with Crippen LogP contribution in [0.15, 0.2) is 35.2 Å². The number of ether oxygens (including phenoxy) is 1. The zero-order valence-corrected chi connectivity index (χ0v) is 13.3. The molecule has 0 spiro atoms. The van der Waals surface area contributed by atoms with Crippen LogP contribution in [0.25, 0.3) is 6.08 Å². The molecule has 0 radical (unpaired) electrons. The van der Waals surface area contributed by atoms with E-state index in [4.69, 9.17) is 4.74 Å². The van der Waals surface area contributed by atoms with E-state index in [2.05, 4.69) is 0 Å². The first-order valence-electron chi connectivity index (χ1n) is 7.01. The van der Waals surface area contributed by atoms with Crippen LogP contribution in [0.2, 0.25) is 0 Å². The predicted molar refractivity (Wildman–Crippen MR) is 85.0 cm³/mol. The third-order valence-electron chi connectivity index (χ3n) is 3.17. The number of imide groups is 1. The lowest BCUT2D eigenvalue weighted by Gasteiger charge is -2.14. The Hall–Kier alpha value is -2.08. The zero-order valence-electron chi connectivity index (χ0n) is 12.4. The Kier molecular flexibility index (Phi) is 5.38. The molecule has 2 rings (SSSR count). The highest BCUT2D eigenvalue weighted by Gasteiger charge is 2.36. The molecule has 1 atom stereocenters. The maximum atomic E-state index is 12.2. The first kappa shape index (κ1) is 16.3. The van der Waals surface area contributed by atoms with Crippen LogP contribution in [-0.2, 0) is 14.3 Å². The summed E-state index contributed by atoms with van der Waals surface area (Å²) in [5, 5.41) is -0.451. The van der Waals surface area contributed by atoms with Crippen molar-refractivity contribution < 1.29 is 19.1 Å². The van der Waals surface area contributed by atoms with Crippen LogP contribution in [0.1, 0.15) is 25.8 Å². The maximum Gasteiger partial charge on any atom is 0.326 e. The molecule has 5 nitrogen and oxygen atoms in total. The molecule has 1 aliphatic heterocycles. The Balaban J connectivity index is 2.06. The molecule has 1 heterocycles. The highest BCUT2D eigenvalue weighted by molar-refractivity contribution is 8.18. The minimum absolute atomic E-state index is 0.229. The molecule has 116 valence electrons. The molecule has 1 fully saturated rings. The lowest BCUT2D eigenvalue weighted by molar-refractivity contribution is -0.150. The predicted octanol–water partition coefficient (Wildman–Crippen LogP) is 3.06. The standard InChI is InChI=1S/C16H17NO4S/c1-3-11(2)21-14(18)10-17-15(19)13(22-16(17)20)9-12-7-5-4-6-8-12/h4-9,11H,3,10H2,1-2H3/b13-9+/t11-/m0/s1. The minimum atomic E-state index is -0.572. The number of carbonyl (C=O) groups is 3. The molecule has 1 aliphatic rings. The average molecular weight is 319 g/mol. The van der Waals surface area contributed by atoms with Gasteiger partial charge < -0.3 is 4.74 Å². The van der Waals surface area contributed by atoms with Gasteiger partial charge in [0, 0.05) is 0 Å². The summed E-state index contributed by atoms with van der Waals surface area (Å²) in [4.78, 5) is 37.1. The topological polar surface area (TPSA) is 63.7 Å². The second-order valence-corrected chi connectivity index (χ2v) is 5.88. The van der Waals surface area contributed by atoms with Gasteiger partial charge in [0.15, 0.2) is 0 Å². The van der Waals surface area contributed by atoms with E-state index in [0.717, 1.165) is 22.2 Å². The highest BCUT2D eigenvalue weighted by Crippen LogP contribution is 2.32. The third kappa shape index (κ3) is 3.98. The smallest absolute Gasteiger partial charge is 0.326 e. The lowest BCUT2D eigenvalue weighted by Crippen LogP contribution is -2.35. The van der Waals surface area contributed by atoms with Crippen molar-refractivity contribution in [2.45, 2.75) is 26.4 Å². The number of benzene rings is 1. The second-order valence-electron chi connectivity index (χ2n) is 4.89. The molecule has 1 saturated heterocycles. The van der Waals surface area contributed by atoms with Gasteiger partial charge in [-0.15, -0.1) is 0 Å². The largest absolute Gasteiger partial charge is 0.461 e. The Morgan fingerprint density at radius 1 is 1.32 bits per heavy atom. The molecule has 0 saturated carbocycles. The van der Waals surface area contributed by atoms with Gasteiger partial charge in [-0.1, -0.05) is 37.3 Å². The molecular formula is C16H17NO4S. The van der Waals surface area contributed by atoms with E-state index < -0.39 is 17.1 Å². The fourth-order valence-electron chi connectivity index (χ4n) is 1.81. The number of carbonyl (C=O) groups excluding carboxylic acids is 3. The number of esters is 1. The van der Waals surface area contributed by atoms with E-state index >= 15 is 0 Å². The Labute approximate surface area is 133 Å². The lowest BCUT2D eigenvalue weighted by atomic mass is 10.2. The van der Waals surface area contributed by atoms with Crippen molar-refractivity contribution in [3.8, 4) is 0 Å². The fraction of sp³-hybridized carbons (Fsp3) is 0.312. The van der Waals surface area contributed by atoms with Crippen LogP contribution < -0.4 is 0 Å². The van der Waals surface area contributed by atoms with Gasteiger partial charge in [-0.05, 0) is 36.7 Å². The zero-order chi connectivity index (χ0) is 16.1. The van der Waals surface area contributed by atoms with E-state index in [1.54, 1.807) is 13.0 Å². The van der Waals surface area contributed by atoms with Crippen molar-refractivity contribution in [2.75, 3.05) is 6.54 Å². The summed E-state index contributed by atoms with van der Waals surface area (Å²) >= 11 is 0.834. The van der Waals surface area contributed by atoms with Gasteiger partial charge >= 0.3 is 5.97 Å². The van der Waals surface area contributed by atoms with Gasteiger partial charge in [0.25, 0.3) is 11.1 Å². The van der Waals surface area contributed by atoms with Gasteiger partial charge in [0.1, 0.15) is 6.54 Å². The van der Waals surface area contributed by atoms with Crippen molar-refractivity contribution in [3.63, 3.8) is 0 Å². The van der Waals surface area contributed by atoms with Crippen LogP contribution in [0.5, 0.6) is 0 Å². The SMILES string of the molecule is CC[C@H](C)OC(=O)CN1C(=O)S/C(=C/c2ccccc2)C1=O. The van der Waals surface area contributed by atoms with Crippen molar-refractivity contribution in [1.82, 2.24) is 4.90 Å². The third-order valence-corrected chi connectivity index (χ3v) is 4.07. The van der Waals surface area contributed by atoms with Gasteiger partial charge in [0.2, 0.25) is 0 Å². The van der Waals surface area contributed by atoms with Crippen LogP contribution >= 0.6 is 11.8 Å². The maximum absolute atomic E-state index is 12.2. The molecule has 0 aliphatic carbocycles. The van der Waals surface area contributed by atoms with E-state index in [-0.39, 0.29) is 12.6 Å². The molecule has 6 heteroatoms. The molecular weight excluding hydrogens is 302 g/mol. The Morgan fingerprint density at radius 3 is 2.64 bits per heavy atom. The van der Waals surface area contributed by atoms with E-state index in [0.29, 0.717) is 11.3 Å². The average Bonchev–Trinajstić information content (AvgIpc) is 2.75. The van der Waals surface area contributed by atoms with E-state index in [9.17, 15) is 14.4 Å². The molecule has 1 aromatic rings. The molecule has 22 heavy (non-hydrogen) atoms. The number of amides is 2. The summed E-state index contributed by atoms with van der Waals surface area (Å²) in [6.45, 7) is 3.31. The number of hydrogen-bond acceptors (Lipinski definition) is 5. The van der Waals surface area contributed by atoms with E-state index in [1.165, 1.54) is 0 Å². The molecule has 2 amide bonds. The number of rotatable bonds is 5. The van der Waals surface area contributed by atoms with Crippen molar-refractivity contribution in [2.24, 2.45) is 0 Å². The normalized spacial score (nSPS) is 17.9. The molecule has 0 N–H and O–H groups in total. The highest BCUT2D eigenvalue weighted by atomic mass is 32.2. The second kappa shape index (κ2) is 7.26. The molecule has 0 bridgehead atoms. The summed E-state index contributed by atoms with van der Waals surface area (Å²) in [5.41, 5.74) is 0.829. The fourth-order valence-corrected chi connectivity index (χ4v) is 2.65. The summed E-state index contributed by atoms with van der Waals surface area (Å²) in [7, 11) is 0. The quantitative estimate of drug-likeness (QED) is 0.616. The van der Waals surface area contributed by atoms with Crippen molar-refractivity contribution in [3.05, 3.63) is 40.8 Å². The van der Waals surface area contributed by atoms with Gasteiger partial charge in [-0.3, -0.25) is 19.3 Å². The minimum Gasteiger partial charge on any atom is -0.461 e. The number of thioether (sulfide) groups is 1. The summed E-state index contributed by atoms with van der Waals surface area (Å²) < 4.78 is 5.10. The first-order valence-corrected chi connectivity index (χ1v) is 7.82. The molecule has 0 aromatic heterocycles. The van der Waals surface area contributed by atoms with Gasteiger partial charge in [-0.25, -0.2) is 0 Å². The number of nitrogens with zero attached hydrogens (tertiary/aromatic N) is 1. The summed E-state index contributed by atoms with van der Waals surface area (Å²) in [5.74, 6) is -1.03. The van der Waals surface area contributed by atoms with E-state index in [1.807, 2.05) is 37.3 Å². The van der Waals surface area contributed by atoms with Crippen LogP contribution in [0.4, 0.5) is 4.79 Å². The Morgan fingerprint density at radius 2 is 2.00 bits per heavy atom. The van der Waals surface area contributed by atoms with Crippen LogP contribution in [0.3, 0.4) is 0 Å².